The van der Waals surface area contributed by atoms with E-state index in [0.29, 0.717) is 26.2 Å². The fraction of sp³-hybridized carbons (Fsp3) is 0.462. The van der Waals surface area contributed by atoms with E-state index in [1.165, 1.54) is 0 Å². The largest absolute Gasteiger partial charge is 0.462 e. The molecule has 0 bridgehead atoms. The summed E-state index contributed by atoms with van der Waals surface area (Å²) in [5.41, 5.74) is 2.25. The molecule has 32 heavy (non-hydrogen) atoms. The van der Waals surface area contributed by atoms with Crippen LogP contribution in [0.1, 0.15) is 38.8 Å². The molecule has 0 aromatic heterocycles. The molecule has 6 nitrogen and oxygen atoms in total. The van der Waals surface area contributed by atoms with Crippen molar-refractivity contribution >= 4 is 11.9 Å². The van der Waals surface area contributed by atoms with E-state index in [2.05, 4.69) is 9.80 Å². The molecular formula is C26H36N2O4. The van der Waals surface area contributed by atoms with Crippen LogP contribution >= 0.6 is 0 Å². The van der Waals surface area contributed by atoms with Gasteiger partial charge < -0.3 is 9.47 Å². The molecule has 0 spiro atoms. The van der Waals surface area contributed by atoms with Crippen LogP contribution in [0, 0.1) is 0 Å². The van der Waals surface area contributed by atoms with Gasteiger partial charge in [-0.3, -0.25) is 19.4 Å². The van der Waals surface area contributed by atoms with E-state index in [9.17, 15) is 9.59 Å². The average Bonchev–Trinajstić information content (AvgIpc) is 2.72. The summed E-state index contributed by atoms with van der Waals surface area (Å²) in [6.45, 7) is 10.3. The second kappa shape index (κ2) is 13.7. The molecule has 0 saturated carbocycles. The van der Waals surface area contributed by atoms with Crippen molar-refractivity contribution in [2.45, 2.75) is 53.0 Å². The molecule has 2 rings (SSSR count). The van der Waals surface area contributed by atoms with Gasteiger partial charge in [0.1, 0.15) is 0 Å². The highest BCUT2D eigenvalue weighted by atomic mass is 16.5. The Labute approximate surface area is 192 Å². The molecule has 2 aromatic rings. The molecular weight excluding hydrogens is 404 g/mol. The number of hydrogen-bond acceptors (Lipinski definition) is 6. The first-order chi connectivity index (χ1) is 15.3. The van der Waals surface area contributed by atoms with Crippen molar-refractivity contribution in [3.63, 3.8) is 0 Å². The molecule has 0 aliphatic heterocycles. The standard InChI is InChI=1S/C26H36N2O4/c1-21(2)31-25(29)19-27(17-23-11-7-5-8-12-23)15-16-28(20-26(30)32-22(3)4)18-24-13-9-6-10-14-24/h5-14,21-22H,15-20H2,1-4H3. The van der Waals surface area contributed by atoms with Gasteiger partial charge in [0.05, 0.1) is 25.3 Å². The van der Waals surface area contributed by atoms with Crippen LogP contribution in [-0.2, 0) is 32.2 Å². The van der Waals surface area contributed by atoms with E-state index >= 15 is 0 Å². The van der Waals surface area contributed by atoms with E-state index in [-0.39, 0.29) is 37.2 Å². The number of esters is 2. The number of carbonyl (C=O) groups excluding carboxylic acids is 2. The van der Waals surface area contributed by atoms with Gasteiger partial charge in [0, 0.05) is 26.2 Å². The normalized spacial score (nSPS) is 11.4. The maximum Gasteiger partial charge on any atom is 0.320 e. The van der Waals surface area contributed by atoms with Crippen LogP contribution in [0.2, 0.25) is 0 Å². The highest BCUT2D eigenvalue weighted by molar-refractivity contribution is 5.72. The van der Waals surface area contributed by atoms with Gasteiger partial charge in [0.2, 0.25) is 0 Å². The number of carbonyl (C=O) groups is 2. The molecule has 2 aromatic carbocycles. The molecule has 0 N–H and O–H groups in total. The monoisotopic (exact) mass is 440 g/mol. The topological polar surface area (TPSA) is 59.1 Å². The van der Waals surface area contributed by atoms with Crippen LogP contribution in [0.3, 0.4) is 0 Å². The zero-order valence-corrected chi connectivity index (χ0v) is 19.7. The first kappa shape index (κ1) is 25.6. The lowest BCUT2D eigenvalue weighted by Crippen LogP contribution is -2.40. The summed E-state index contributed by atoms with van der Waals surface area (Å²) in [5.74, 6) is -0.491. The molecule has 0 heterocycles. The average molecular weight is 441 g/mol. The Hall–Kier alpha value is -2.70. The molecule has 0 fully saturated rings. The van der Waals surface area contributed by atoms with Gasteiger partial charge in [-0.15, -0.1) is 0 Å². The fourth-order valence-corrected chi connectivity index (χ4v) is 3.36. The van der Waals surface area contributed by atoms with Crippen molar-refractivity contribution in [3.8, 4) is 0 Å². The molecule has 0 amide bonds. The van der Waals surface area contributed by atoms with Gasteiger partial charge in [-0.2, -0.15) is 0 Å². The Kier molecular flexibility index (Phi) is 10.9. The van der Waals surface area contributed by atoms with Gasteiger partial charge in [0.15, 0.2) is 0 Å². The van der Waals surface area contributed by atoms with E-state index < -0.39 is 0 Å². The lowest BCUT2D eigenvalue weighted by molar-refractivity contribution is -0.150. The van der Waals surface area contributed by atoms with Gasteiger partial charge in [-0.1, -0.05) is 60.7 Å². The molecule has 174 valence electrons. The minimum atomic E-state index is -0.246. The van der Waals surface area contributed by atoms with Gasteiger partial charge >= 0.3 is 11.9 Å². The number of benzene rings is 2. The molecule has 6 heteroatoms. The Morgan fingerprint density at radius 3 is 1.31 bits per heavy atom. The third-order valence-electron chi connectivity index (χ3n) is 4.67. The van der Waals surface area contributed by atoms with E-state index in [4.69, 9.17) is 9.47 Å². The number of hydrogen-bond donors (Lipinski definition) is 0. The molecule has 0 atom stereocenters. The second-order valence-corrected chi connectivity index (χ2v) is 8.47. The van der Waals surface area contributed by atoms with E-state index in [1.54, 1.807) is 0 Å². The number of nitrogens with zero attached hydrogens (tertiary/aromatic N) is 2. The summed E-state index contributed by atoms with van der Waals surface area (Å²) in [4.78, 5) is 28.8. The molecule has 0 aliphatic rings. The fourth-order valence-electron chi connectivity index (χ4n) is 3.36. The van der Waals surface area contributed by atoms with Crippen molar-refractivity contribution in [2.24, 2.45) is 0 Å². The van der Waals surface area contributed by atoms with Crippen molar-refractivity contribution in [1.82, 2.24) is 9.80 Å². The Bertz CT molecular complexity index is 740. The summed E-state index contributed by atoms with van der Waals surface area (Å²) in [6, 6.07) is 20.1. The summed E-state index contributed by atoms with van der Waals surface area (Å²) in [5, 5.41) is 0. The van der Waals surface area contributed by atoms with Crippen LogP contribution in [-0.4, -0.2) is 60.1 Å². The van der Waals surface area contributed by atoms with Gasteiger partial charge in [0.25, 0.3) is 0 Å². The third kappa shape index (κ3) is 10.6. The predicted octanol–water partition coefficient (Wildman–Crippen LogP) is 3.89. The molecule has 0 unspecified atom stereocenters. The number of ether oxygens (including phenoxy) is 2. The summed E-state index contributed by atoms with van der Waals surface area (Å²) >= 11 is 0. The number of rotatable bonds is 13. The molecule has 0 saturated heterocycles. The molecule has 0 radical (unpaired) electrons. The van der Waals surface area contributed by atoms with Crippen LogP contribution in [0.15, 0.2) is 60.7 Å². The SMILES string of the molecule is CC(C)OC(=O)CN(CCN(CC(=O)OC(C)C)Cc1ccccc1)Cc1ccccc1. The summed E-state index contributed by atoms with van der Waals surface area (Å²) in [6.07, 6.45) is -0.303. The highest BCUT2D eigenvalue weighted by Gasteiger charge is 2.18. The maximum atomic E-state index is 12.3. The Morgan fingerprint density at radius 2 is 1.00 bits per heavy atom. The smallest absolute Gasteiger partial charge is 0.320 e. The minimum Gasteiger partial charge on any atom is -0.462 e. The van der Waals surface area contributed by atoms with Gasteiger partial charge in [-0.05, 0) is 38.8 Å². The third-order valence-corrected chi connectivity index (χ3v) is 4.67. The van der Waals surface area contributed by atoms with Crippen molar-refractivity contribution in [1.29, 1.82) is 0 Å². The quantitative estimate of drug-likeness (QED) is 0.441. The lowest BCUT2D eigenvalue weighted by Gasteiger charge is -2.27. The minimum absolute atomic E-state index is 0.151. The zero-order chi connectivity index (χ0) is 23.3. The van der Waals surface area contributed by atoms with Crippen molar-refractivity contribution < 1.29 is 19.1 Å². The first-order valence-electron chi connectivity index (χ1n) is 11.2. The van der Waals surface area contributed by atoms with Gasteiger partial charge in [-0.25, -0.2) is 0 Å². The lowest BCUT2D eigenvalue weighted by atomic mass is 10.2. The predicted molar refractivity (Wildman–Crippen MR) is 126 cm³/mol. The highest BCUT2D eigenvalue weighted by Crippen LogP contribution is 2.09. The summed E-state index contributed by atoms with van der Waals surface area (Å²) < 4.78 is 10.7. The molecule has 0 aliphatic carbocycles. The van der Waals surface area contributed by atoms with Crippen molar-refractivity contribution in [3.05, 3.63) is 71.8 Å². The van der Waals surface area contributed by atoms with Crippen LogP contribution in [0.25, 0.3) is 0 Å². The van der Waals surface area contributed by atoms with Crippen LogP contribution < -0.4 is 0 Å². The van der Waals surface area contributed by atoms with E-state index in [0.717, 1.165) is 11.1 Å². The van der Waals surface area contributed by atoms with E-state index in [1.807, 2.05) is 88.4 Å². The maximum absolute atomic E-state index is 12.3. The summed E-state index contributed by atoms with van der Waals surface area (Å²) in [7, 11) is 0. The Morgan fingerprint density at radius 1 is 0.656 bits per heavy atom. The second-order valence-electron chi connectivity index (χ2n) is 8.47. The van der Waals surface area contributed by atoms with Crippen molar-refractivity contribution in [2.75, 3.05) is 26.2 Å². The van der Waals surface area contributed by atoms with Crippen LogP contribution in [0.5, 0.6) is 0 Å². The van der Waals surface area contributed by atoms with Crippen LogP contribution in [0.4, 0.5) is 0 Å². The Balaban J connectivity index is 2.07. The zero-order valence-electron chi connectivity index (χ0n) is 19.7. The first-order valence-corrected chi connectivity index (χ1v) is 11.2.